The van der Waals surface area contributed by atoms with Crippen LogP contribution in [0.5, 0.6) is 0 Å². The van der Waals surface area contributed by atoms with Gasteiger partial charge in [-0.15, -0.1) is 10.2 Å². The minimum atomic E-state index is -0.372. The van der Waals surface area contributed by atoms with Crippen molar-refractivity contribution < 1.29 is 19.2 Å². The Kier molecular flexibility index (Phi) is 6.98. The van der Waals surface area contributed by atoms with Crippen molar-refractivity contribution in [3.63, 3.8) is 0 Å². The van der Waals surface area contributed by atoms with E-state index in [9.17, 15) is 4.79 Å². The minimum Gasteiger partial charge on any atom is -0.483 e. The van der Waals surface area contributed by atoms with Crippen LogP contribution in [-0.2, 0) is 11.2 Å². The van der Waals surface area contributed by atoms with Crippen molar-refractivity contribution >= 4 is 28.8 Å². The van der Waals surface area contributed by atoms with Gasteiger partial charge in [0, 0.05) is 19.0 Å². The minimum absolute atomic E-state index is 0.153. The SMILES string of the molecule is CN(C)CCc1nnc(NC(=O)c2ccno2)s1.O=CO. The van der Waals surface area contributed by atoms with Gasteiger partial charge >= 0.3 is 0 Å². The Balaban J connectivity index is 0.000000677. The van der Waals surface area contributed by atoms with Gasteiger partial charge in [0.1, 0.15) is 5.01 Å². The molecule has 0 atom stereocenters. The summed E-state index contributed by atoms with van der Waals surface area (Å²) < 4.78 is 4.74. The first-order valence-corrected chi connectivity index (χ1v) is 6.65. The number of rotatable bonds is 5. The maximum Gasteiger partial charge on any atom is 0.296 e. The van der Waals surface area contributed by atoms with E-state index < -0.39 is 0 Å². The van der Waals surface area contributed by atoms with Crippen LogP contribution in [0.15, 0.2) is 16.8 Å². The average Bonchev–Trinajstić information content (AvgIpc) is 3.08. The monoisotopic (exact) mass is 313 g/mol. The zero-order valence-corrected chi connectivity index (χ0v) is 12.3. The number of likely N-dealkylation sites (N-methyl/N-ethyl adjacent to an activating group) is 1. The van der Waals surface area contributed by atoms with Gasteiger partial charge in [-0.25, -0.2) is 0 Å². The van der Waals surface area contributed by atoms with E-state index in [1.807, 2.05) is 14.1 Å². The molecule has 0 aromatic carbocycles. The fraction of sp³-hybridized carbons (Fsp3) is 0.364. The van der Waals surface area contributed by atoms with Crippen LogP contribution in [-0.4, -0.2) is 58.4 Å². The number of amides is 1. The lowest BCUT2D eigenvalue weighted by molar-refractivity contribution is -0.122. The molecule has 2 rings (SSSR count). The average molecular weight is 313 g/mol. The molecule has 0 saturated carbocycles. The van der Waals surface area contributed by atoms with Gasteiger partial charge in [-0.1, -0.05) is 16.5 Å². The van der Waals surface area contributed by atoms with E-state index in [0.717, 1.165) is 18.0 Å². The van der Waals surface area contributed by atoms with Crippen molar-refractivity contribution in [2.45, 2.75) is 6.42 Å². The quantitative estimate of drug-likeness (QED) is 0.769. The Bertz CT molecular complexity index is 555. The first-order chi connectivity index (χ1) is 10.1. The zero-order chi connectivity index (χ0) is 15.7. The number of nitrogens with one attached hydrogen (secondary N) is 1. The Labute approximate surface area is 124 Å². The second kappa shape index (κ2) is 8.76. The second-order valence-corrected chi connectivity index (χ2v) is 5.05. The second-order valence-electron chi connectivity index (χ2n) is 3.99. The first kappa shape index (κ1) is 16.7. The number of carboxylic acid groups (broad SMARTS) is 1. The molecule has 1 amide bonds. The summed E-state index contributed by atoms with van der Waals surface area (Å²) >= 11 is 1.36. The number of carbonyl (C=O) groups is 2. The highest BCUT2D eigenvalue weighted by Gasteiger charge is 2.13. The maximum atomic E-state index is 11.6. The van der Waals surface area contributed by atoms with Crippen LogP contribution < -0.4 is 5.32 Å². The molecule has 2 heterocycles. The summed E-state index contributed by atoms with van der Waals surface area (Å²) in [7, 11) is 3.99. The molecule has 0 aliphatic carbocycles. The van der Waals surface area contributed by atoms with Crippen molar-refractivity contribution in [1.29, 1.82) is 0 Å². The number of aromatic nitrogens is 3. The lowest BCUT2D eigenvalue weighted by Crippen LogP contribution is -2.14. The van der Waals surface area contributed by atoms with E-state index in [4.69, 9.17) is 14.4 Å². The molecule has 2 aromatic heterocycles. The van der Waals surface area contributed by atoms with Gasteiger partial charge in [-0.05, 0) is 14.1 Å². The van der Waals surface area contributed by atoms with E-state index in [0.29, 0.717) is 5.13 Å². The predicted molar refractivity (Wildman–Crippen MR) is 75.3 cm³/mol. The molecule has 0 aliphatic rings. The van der Waals surface area contributed by atoms with Gasteiger partial charge in [-0.2, -0.15) is 0 Å². The molecule has 9 nitrogen and oxygen atoms in total. The number of carbonyl (C=O) groups excluding carboxylic acids is 1. The van der Waals surface area contributed by atoms with Crippen LogP contribution >= 0.6 is 11.3 Å². The molecular formula is C11H15N5O4S. The van der Waals surface area contributed by atoms with E-state index in [-0.39, 0.29) is 18.1 Å². The summed E-state index contributed by atoms with van der Waals surface area (Å²) in [6, 6.07) is 1.49. The van der Waals surface area contributed by atoms with E-state index >= 15 is 0 Å². The maximum absolute atomic E-state index is 11.6. The molecule has 114 valence electrons. The third-order valence-electron chi connectivity index (χ3n) is 2.12. The molecule has 0 aliphatic heterocycles. The number of hydrogen-bond donors (Lipinski definition) is 2. The standard InChI is InChI=1S/C10H13N5O2S.CH2O2/c1-15(2)6-4-8-13-14-10(18-8)12-9(16)7-3-5-11-17-7;2-1-3/h3,5H,4,6H2,1-2H3,(H,12,14,16);1H,(H,2,3). The molecule has 0 spiro atoms. The molecular weight excluding hydrogens is 298 g/mol. The van der Waals surface area contributed by atoms with Gasteiger partial charge in [0.15, 0.2) is 0 Å². The predicted octanol–water partition coefficient (Wildman–Crippen LogP) is 0.583. The Morgan fingerprint density at radius 3 is 2.81 bits per heavy atom. The normalized spacial score (nSPS) is 9.86. The van der Waals surface area contributed by atoms with Gasteiger partial charge in [0.05, 0.1) is 6.20 Å². The number of anilines is 1. The van der Waals surface area contributed by atoms with Crippen LogP contribution in [0.2, 0.25) is 0 Å². The lowest BCUT2D eigenvalue weighted by atomic mass is 10.4. The number of hydrogen-bond acceptors (Lipinski definition) is 8. The van der Waals surface area contributed by atoms with Crippen LogP contribution in [0, 0.1) is 0 Å². The Morgan fingerprint density at radius 2 is 2.24 bits per heavy atom. The van der Waals surface area contributed by atoms with Crippen molar-refractivity contribution in [3.8, 4) is 0 Å². The highest BCUT2D eigenvalue weighted by atomic mass is 32.1. The summed E-state index contributed by atoms with van der Waals surface area (Å²) in [6.45, 7) is 0.644. The molecule has 2 aromatic rings. The highest BCUT2D eigenvalue weighted by Crippen LogP contribution is 2.16. The van der Waals surface area contributed by atoms with E-state index in [1.54, 1.807) is 0 Å². The summed E-state index contributed by atoms with van der Waals surface area (Å²) in [5.41, 5.74) is 0. The third-order valence-corrected chi connectivity index (χ3v) is 3.02. The van der Waals surface area contributed by atoms with Gasteiger partial charge in [0.2, 0.25) is 10.9 Å². The molecule has 0 fully saturated rings. The highest BCUT2D eigenvalue weighted by molar-refractivity contribution is 7.15. The van der Waals surface area contributed by atoms with E-state index in [2.05, 4.69) is 25.6 Å². The molecule has 10 heteroatoms. The fourth-order valence-electron chi connectivity index (χ4n) is 1.22. The van der Waals surface area contributed by atoms with Gasteiger partial charge in [-0.3, -0.25) is 14.9 Å². The summed E-state index contributed by atoms with van der Waals surface area (Å²) in [5.74, 6) is -0.220. The van der Waals surface area contributed by atoms with Crippen LogP contribution in [0.25, 0.3) is 0 Å². The van der Waals surface area contributed by atoms with Crippen LogP contribution in [0.3, 0.4) is 0 Å². The van der Waals surface area contributed by atoms with E-state index in [1.165, 1.54) is 23.6 Å². The van der Waals surface area contributed by atoms with Crippen LogP contribution in [0.1, 0.15) is 15.6 Å². The van der Waals surface area contributed by atoms with Gasteiger partial charge < -0.3 is 14.5 Å². The topological polar surface area (TPSA) is 121 Å². The largest absolute Gasteiger partial charge is 0.483 e. The fourth-order valence-corrected chi connectivity index (χ4v) is 1.94. The van der Waals surface area contributed by atoms with Crippen molar-refractivity contribution in [3.05, 3.63) is 23.0 Å². The molecule has 2 N–H and O–H groups in total. The lowest BCUT2D eigenvalue weighted by Gasteiger charge is -2.05. The zero-order valence-electron chi connectivity index (χ0n) is 11.5. The smallest absolute Gasteiger partial charge is 0.296 e. The third kappa shape index (κ3) is 6.10. The van der Waals surface area contributed by atoms with Crippen molar-refractivity contribution in [2.75, 3.05) is 26.0 Å². The summed E-state index contributed by atoms with van der Waals surface area (Å²) in [4.78, 5) is 22.1. The first-order valence-electron chi connectivity index (χ1n) is 5.83. The summed E-state index contributed by atoms with van der Waals surface area (Å²) in [6.07, 6.45) is 2.22. The Morgan fingerprint density at radius 1 is 1.52 bits per heavy atom. The number of nitrogens with zero attached hydrogens (tertiary/aromatic N) is 4. The van der Waals surface area contributed by atoms with Gasteiger partial charge in [0.25, 0.3) is 12.4 Å². The van der Waals surface area contributed by atoms with Crippen molar-refractivity contribution in [2.24, 2.45) is 0 Å². The molecule has 21 heavy (non-hydrogen) atoms. The molecule has 0 unspecified atom stereocenters. The molecule has 0 radical (unpaired) electrons. The van der Waals surface area contributed by atoms with Crippen molar-refractivity contribution in [1.82, 2.24) is 20.3 Å². The van der Waals surface area contributed by atoms with Crippen LogP contribution in [0.4, 0.5) is 5.13 Å². The Hall–Kier alpha value is -2.33. The molecule has 0 saturated heterocycles. The molecule has 0 bridgehead atoms. The summed E-state index contributed by atoms with van der Waals surface area (Å²) in [5, 5.41) is 22.2.